The molecule has 0 unspecified atom stereocenters. The average Bonchev–Trinajstić information content (AvgIpc) is 2.30. The van der Waals surface area contributed by atoms with Crippen molar-refractivity contribution >= 4 is 23.2 Å². The van der Waals surface area contributed by atoms with Gasteiger partial charge in [-0.25, -0.2) is 9.97 Å². The number of Topliss-reactive ketones (excluding diaryl/α,β-unsaturated/α-hetero) is 1. The molecule has 1 aromatic rings. The molecule has 1 saturated heterocycles. The highest BCUT2D eigenvalue weighted by Gasteiger charge is 2.32. The zero-order valence-corrected chi connectivity index (χ0v) is 11.7. The summed E-state index contributed by atoms with van der Waals surface area (Å²) < 4.78 is 0. The minimum absolute atomic E-state index is 0.137. The molecular formula is C13H18ClN3O. The number of piperidine rings is 1. The van der Waals surface area contributed by atoms with Crippen molar-refractivity contribution in [1.29, 1.82) is 0 Å². The molecule has 0 radical (unpaired) electrons. The second-order valence-electron chi connectivity index (χ2n) is 4.86. The molecule has 0 bridgehead atoms. The first-order valence-corrected chi connectivity index (χ1v) is 6.71. The van der Waals surface area contributed by atoms with Crippen LogP contribution in [-0.4, -0.2) is 27.8 Å². The molecular weight excluding hydrogens is 250 g/mol. The van der Waals surface area contributed by atoms with Crippen LogP contribution in [0.2, 0.25) is 5.02 Å². The van der Waals surface area contributed by atoms with Gasteiger partial charge in [-0.1, -0.05) is 18.5 Å². The molecule has 0 aromatic carbocycles. The van der Waals surface area contributed by atoms with Gasteiger partial charge in [-0.05, 0) is 20.3 Å². The van der Waals surface area contributed by atoms with Gasteiger partial charge in [0.25, 0.3) is 0 Å². The molecule has 4 nitrogen and oxygen atoms in total. The van der Waals surface area contributed by atoms with Crippen molar-refractivity contribution in [2.24, 2.45) is 0 Å². The monoisotopic (exact) mass is 267 g/mol. The molecule has 1 aliphatic rings. The maximum atomic E-state index is 11.6. The summed E-state index contributed by atoms with van der Waals surface area (Å²) in [7, 11) is 0. The van der Waals surface area contributed by atoms with E-state index in [4.69, 9.17) is 11.6 Å². The van der Waals surface area contributed by atoms with Gasteiger partial charge in [-0.15, -0.1) is 0 Å². The maximum Gasteiger partial charge on any atom is 0.151 e. The van der Waals surface area contributed by atoms with Gasteiger partial charge in [0.05, 0.1) is 5.69 Å². The Labute approximate surface area is 112 Å². The lowest BCUT2D eigenvalue weighted by Crippen LogP contribution is -2.47. The lowest BCUT2D eigenvalue weighted by atomic mass is 9.96. The fourth-order valence-corrected chi connectivity index (χ4v) is 2.94. The number of ketones is 1. The first kappa shape index (κ1) is 13.3. The van der Waals surface area contributed by atoms with Crippen molar-refractivity contribution in [1.82, 2.24) is 9.97 Å². The van der Waals surface area contributed by atoms with E-state index in [0.29, 0.717) is 23.6 Å². The first-order valence-electron chi connectivity index (χ1n) is 6.34. The van der Waals surface area contributed by atoms with Crippen LogP contribution in [0.3, 0.4) is 0 Å². The van der Waals surface area contributed by atoms with Crippen molar-refractivity contribution < 1.29 is 4.79 Å². The van der Waals surface area contributed by atoms with Gasteiger partial charge in [-0.3, -0.25) is 4.79 Å². The van der Waals surface area contributed by atoms with Crippen LogP contribution in [0.1, 0.15) is 39.3 Å². The number of carbonyl (C=O) groups is 1. The van der Waals surface area contributed by atoms with Crippen LogP contribution in [0.5, 0.6) is 0 Å². The van der Waals surface area contributed by atoms with Gasteiger partial charge < -0.3 is 4.90 Å². The van der Waals surface area contributed by atoms with Crippen LogP contribution in [0, 0.1) is 0 Å². The van der Waals surface area contributed by atoms with Gasteiger partial charge in [0.15, 0.2) is 5.82 Å². The van der Waals surface area contributed by atoms with Crippen LogP contribution in [-0.2, 0) is 11.2 Å². The second kappa shape index (κ2) is 5.22. The van der Waals surface area contributed by atoms with Crippen LogP contribution in [0.4, 0.5) is 5.82 Å². The molecule has 1 aliphatic heterocycles. The summed E-state index contributed by atoms with van der Waals surface area (Å²) in [5.41, 5.74) is 0.859. The van der Waals surface area contributed by atoms with E-state index in [9.17, 15) is 4.79 Å². The van der Waals surface area contributed by atoms with Crippen LogP contribution >= 0.6 is 11.6 Å². The van der Waals surface area contributed by atoms with Crippen LogP contribution in [0.25, 0.3) is 0 Å². The van der Waals surface area contributed by atoms with E-state index in [0.717, 1.165) is 17.9 Å². The molecule has 0 spiro atoms. The molecule has 0 saturated carbocycles. The minimum Gasteiger partial charge on any atom is -0.349 e. The molecule has 0 aliphatic carbocycles. The van der Waals surface area contributed by atoms with E-state index in [2.05, 4.69) is 14.9 Å². The molecule has 18 heavy (non-hydrogen) atoms. The number of hydrogen-bond acceptors (Lipinski definition) is 4. The van der Waals surface area contributed by atoms with Crippen molar-refractivity contribution in [3.63, 3.8) is 0 Å². The summed E-state index contributed by atoms with van der Waals surface area (Å²) in [6.07, 6.45) is 3.46. The number of halogens is 1. The topological polar surface area (TPSA) is 46.1 Å². The maximum absolute atomic E-state index is 11.6. The summed E-state index contributed by atoms with van der Waals surface area (Å²) in [5.74, 6) is 1.07. The van der Waals surface area contributed by atoms with Crippen LogP contribution in [0.15, 0.2) is 6.33 Å². The van der Waals surface area contributed by atoms with E-state index >= 15 is 0 Å². The molecule has 0 N–H and O–H groups in total. The second-order valence-corrected chi connectivity index (χ2v) is 5.24. The number of hydrogen-bond donors (Lipinski definition) is 0. The largest absolute Gasteiger partial charge is 0.349 e. The molecule has 2 heterocycles. The van der Waals surface area contributed by atoms with Crippen molar-refractivity contribution in [2.75, 3.05) is 4.90 Å². The highest BCUT2D eigenvalue weighted by molar-refractivity contribution is 6.33. The van der Waals surface area contributed by atoms with E-state index in [1.165, 1.54) is 0 Å². The van der Waals surface area contributed by atoms with Crippen molar-refractivity contribution in [2.45, 2.75) is 52.1 Å². The third-order valence-electron chi connectivity index (χ3n) is 3.42. The van der Waals surface area contributed by atoms with E-state index in [-0.39, 0.29) is 12.1 Å². The number of carbonyl (C=O) groups excluding carboxylic acids is 1. The van der Waals surface area contributed by atoms with Gasteiger partial charge in [0.1, 0.15) is 17.1 Å². The fraction of sp³-hybridized carbons (Fsp3) is 0.615. The highest BCUT2D eigenvalue weighted by atomic mass is 35.5. The standard InChI is InChI=1S/C13H18ClN3O/c1-4-11-12(14)13(16-7-15-11)17-8(2)5-10(18)6-9(17)3/h7-9H,4-6H2,1-3H3/t8-,9+. The first-order chi connectivity index (χ1) is 8.54. The number of nitrogens with zero attached hydrogens (tertiary/aromatic N) is 3. The molecule has 2 atom stereocenters. The molecule has 98 valence electrons. The molecule has 1 fully saturated rings. The SMILES string of the molecule is CCc1ncnc(N2[C@H](C)CC(=O)C[C@@H]2C)c1Cl. The smallest absolute Gasteiger partial charge is 0.151 e. The van der Waals surface area contributed by atoms with Gasteiger partial charge >= 0.3 is 0 Å². The summed E-state index contributed by atoms with van der Waals surface area (Å²) in [6, 6.07) is 0.275. The van der Waals surface area contributed by atoms with Gasteiger partial charge in [-0.2, -0.15) is 0 Å². The lowest BCUT2D eigenvalue weighted by molar-refractivity contribution is -0.120. The number of aromatic nitrogens is 2. The summed E-state index contributed by atoms with van der Waals surface area (Å²) >= 11 is 6.36. The Kier molecular flexibility index (Phi) is 3.85. The Morgan fingerprint density at radius 2 is 1.94 bits per heavy atom. The molecule has 0 amide bonds. The van der Waals surface area contributed by atoms with E-state index < -0.39 is 0 Å². The van der Waals surface area contributed by atoms with E-state index in [1.54, 1.807) is 6.33 Å². The summed E-state index contributed by atoms with van der Waals surface area (Å²) in [5, 5.41) is 0.619. The lowest BCUT2D eigenvalue weighted by Gasteiger charge is -2.39. The predicted octanol–water partition coefficient (Wildman–Crippen LogP) is 2.64. The zero-order chi connectivity index (χ0) is 13.3. The van der Waals surface area contributed by atoms with Crippen molar-refractivity contribution in [3.8, 4) is 0 Å². The summed E-state index contributed by atoms with van der Waals surface area (Å²) in [6.45, 7) is 6.10. The summed E-state index contributed by atoms with van der Waals surface area (Å²) in [4.78, 5) is 22.2. The predicted molar refractivity (Wildman–Crippen MR) is 72.1 cm³/mol. The number of aryl methyl sites for hydroxylation is 1. The minimum atomic E-state index is 0.137. The third kappa shape index (κ3) is 2.34. The molecule has 1 aromatic heterocycles. The fourth-order valence-electron chi connectivity index (χ4n) is 2.61. The van der Waals surface area contributed by atoms with Crippen molar-refractivity contribution in [3.05, 3.63) is 17.0 Å². The van der Waals surface area contributed by atoms with Crippen LogP contribution < -0.4 is 4.90 Å². The molecule has 2 rings (SSSR count). The average molecular weight is 268 g/mol. The Morgan fingerprint density at radius 3 is 2.50 bits per heavy atom. The molecule has 5 heteroatoms. The highest BCUT2D eigenvalue weighted by Crippen LogP contribution is 2.32. The Hall–Kier alpha value is -1.16. The van der Waals surface area contributed by atoms with Gasteiger partial charge in [0, 0.05) is 24.9 Å². The van der Waals surface area contributed by atoms with E-state index in [1.807, 2.05) is 20.8 Å². The quantitative estimate of drug-likeness (QED) is 0.826. The number of anilines is 1. The number of rotatable bonds is 2. The Morgan fingerprint density at radius 1 is 1.33 bits per heavy atom. The van der Waals surface area contributed by atoms with Gasteiger partial charge in [0.2, 0.25) is 0 Å². The normalized spacial score (nSPS) is 24.4. The Bertz CT molecular complexity index is 450. The third-order valence-corrected chi connectivity index (χ3v) is 3.81. The Balaban J connectivity index is 2.38. The zero-order valence-electron chi connectivity index (χ0n) is 11.0.